The molecule has 1 aromatic carbocycles. The van der Waals surface area contributed by atoms with E-state index in [1.165, 1.54) is 9.80 Å². The summed E-state index contributed by atoms with van der Waals surface area (Å²) in [6.07, 6.45) is 10.8. The van der Waals surface area contributed by atoms with Gasteiger partial charge in [0.2, 0.25) is 23.6 Å². The van der Waals surface area contributed by atoms with Crippen molar-refractivity contribution in [3.8, 4) is 0 Å². The summed E-state index contributed by atoms with van der Waals surface area (Å²) in [5.74, 6) is -0.0436. The summed E-state index contributed by atoms with van der Waals surface area (Å²) >= 11 is 0. The van der Waals surface area contributed by atoms with Gasteiger partial charge in [0.05, 0.1) is 29.4 Å². The molecule has 4 aliphatic carbocycles. The quantitative estimate of drug-likeness (QED) is 0.545. The minimum Gasteiger partial charge on any atom is -0.282 e. The van der Waals surface area contributed by atoms with Crippen LogP contribution in [0.15, 0.2) is 48.6 Å². The highest BCUT2D eigenvalue weighted by atomic mass is 16.2. The molecule has 6 heteroatoms. The molecule has 2 aliphatic heterocycles. The van der Waals surface area contributed by atoms with Gasteiger partial charge in [0.25, 0.3) is 0 Å². The Labute approximate surface area is 185 Å². The maximum absolute atomic E-state index is 13.0. The summed E-state index contributed by atoms with van der Waals surface area (Å²) < 4.78 is 0. The van der Waals surface area contributed by atoms with Gasteiger partial charge in [-0.25, -0.2) is 0 Å². The summed E-state index contributed by atoms with van der Waals surface area (Å²) in [7, 11) is 0. The van der Waals surface area contributed by atoms with Crippen molar-refractivity contribution in [2.45, 2.75) is 19.3 Å². The molecule has 4 fully saturated rings. The van der Waals surface area contributed by atoms with E-state index >= 15 is 0 Å². The van der Waals surface area contributed by atoms with Gasteiger partial charge in [-0.1, -0.05) is 36.4 Å². The Morgan fingerprint density at radius 3 is 1.53 bits per heavy atom. The smallest absolute Gasteiger partial charge is 0.238 e. The number of hydrogen-bond acceptors (Lipinski definition) is 4. The highest BCUT2D eigenvalue weighted by molar-refractivity contribution is 6.22. The van der Waals surface area contributed by atoms with Gasteiger partial charge in [-0.3, -0.25) is 29.0 Å². The van der Waals surface area contributed by atoms with Crippen LogP contribution in [0.3, 0.4) is 0 Å². The number of likely N-dealkylation sites (tertiary alicyclic amines) is 1. The van der Waals surface area contributed by atoms with Gasteiger partial charge in [-0.05, 0) is 60.6 Å². The van der Waals surface area contributed by atoms with Crippen LogP contribution in [-0.4, -0.2) is 35.1 Å². The Balaban J connectivity index is 1.05. The van der Waals surface area contributed by atoms with Crippen LogP contribution in [0.5, 0.6) is 0 Å². The molecule has 162 valence electrons. The Morgan fingerprint density at radius 1 is 0.625 bits per heavy atom. The Bertz CT molecular complexity index is 1070. The van der Waals surface area contributed by atoms with Crippen molar-refractivity contribution in [3.63, 3.8) is 0 Å². The molecular weight excluding hydrogens is 404 g/mol. The van der Waals surface area contributed by atoms with Crippen LogP contribution in [0.25, 0.3) is 0 Å². The SMILES string of the molecule is O=C1C2C3C=CC(C3)C2C(=O)N1CCc1ccc(N2C(=O)C3C4C=CC(C4)C3C2=O)cc1. The number of fused-ring (bicyclic) bond motifs is 10. The maximum Gasteiger partial charge on any atom is 0.238 e. The number of hydrogen-bond donors (Lipinski definition) is 0. The molecule has 2 heterocycles. The molecule has 8 atom stereocenters. The van der Waals surface area contributed by atoms with Crippen LogP contribution in [-0.2, 0) is 25.6 Å². The number of allylic oxidation sites excluding steroid dienone is 4. The molecule has 0 spiro atoms. The number of carbonyl (C=O) groups excluding carboxylic acids is 4. The molecule has 2 saturated heterocycles. The number of anilines is 1. The van der Waals surface area contributed by atoms with E-state index in [0.717, 1.165) is 18.4 Å². The lowest BCUT2D eigenvalue weighted by molar-refractivity contribution is -0.140. The van der Waals surface area contributed by atoms with Gasteiger partial charge in [0.1, 0.15) is 0 Å². The normalized spacial score (nSPS) is 40.4. The number of nitrogens with zero attached hydrogens (tertiary/aromatic N) is 2. The summed E-state index contributed by atoms with van der Waals surface area (Å²) in [6, 6.07) is 7.42. The minimum atomic E-state index is -0.200. The van der Waals surface area contributed by atoms with Gasteiger partial charge >= 0.3 is 0 Å². The fourth-order valence-corrected chi connectivity index (χ4v) is 7.39. The molecule has 6 nitrogen and oxygen atoms in total. The van der Waals surface area contributed by atoms with Crippen molar-refractivity contribution < 1.29 is 19.2 Å². The van der Waals surface area contributed by atoms with Crippen LogP contribution in [0.1, 0.15) is 18.4 Å². The highest BCUT2D eigenvalue weighted by Gasteiger charge is 2.60. The fourth-order valence-electron chi connectivity index (χ4n) is 7.39. The van der Waals surface area contributed by atoms with Crippen LogP contribution < -0.4 is 4.90 Å². The van der Waals surface area contributed by atoms with Crippen molar-refractivity contribution in [1.29, 1.82) is 0 Å². The Kier molecular flexibility index (Phi) is 3.63. The van der Waals surface area contributed by atoms with Gasteiger partial charge in [0.15, 0.2) is 0 Å². The largest absolute Gasteiger partial charge is 0.282 e. The first-order valence-electron chi connectivity index (χ1n) is 11.7. The lowest BCUT2D eigenvalue weighted by atomic mass is 9.85. The van der Waals surface area contributed by atoms with Crippen molar-refractivity contribution in [2.24, 2.45) is 47.3 Å². The molecule has 2 saturated carbocycles. The first-order chi connectivity index (χ1) is 15.5. The monoisotopic (exact) mass is 428 g/mol. The average Bonchev–Trinajstić information content (AvgIpc) is 3.62. The predicted molar refractivity (Wildman–Crippen MR) is 115 cm³/mol. The van der Waals surface area contributed by atoms with Crippen LogP contribution in [0.4, 0.5) is 5.69 Å². The highest BCUT2D eigenvalue weighted by Crippen LogP contribution is 2.54. The second-order valence-corrected chi connectivity index (χ2v) is 10.3. The Hall–Kier alpha value is -3.02. The third-order valence-electron chi connectivity index (χ3n) is 8.85. The number of rotatable bonds is 4. The summed E-state index contributed by atoms with van der Waals surface area (Å²) in [4.78, 5) is 54.5. The zero-order chi connectivity index (χ0) is 21.7. The van der Waals surface area contributed by atoms with Crippen LogP contribution in [0, 0.1) is 47.3 Å². The molecule has 7 rings (SSSR count). The predicted octanol–water partition coefficient (Wildman–Crippen LogP) is 2.35. The zero-order valence-electron chi connectivity index (χ0n) is 17.6. The van der Waals surface area contributed by atoms with Gasteiger partial charge in [-0.15, -0.1) is 0 Å². The molecule has 6 aliphatic rings. The molecule has 4 bridgehead atoms. The van der Waals surface area contributed by atoms with Crippen LogP contribution in [0.2, 0.25) is 0 Å². The first kappa shape index (κ1) is 18.5. The number of benzene rings is 1. The Morgan fingerprint density at radius 2 is 1.06 bits per heavy atom. The van der Waals surface area contributed by atoms with Crippen molar-refractivity contribution >= 4 is 29.3 Å². The zero-order valence-corrected chi connectivity index (χ0v) is 17.6. The molecular formula is C26H24N2O4. The van der Waals surface area contributed by atoms with E-state index in [-0.39, 0.29) is 71.0 Å². The lowest BCUT2D eigenvalue weighted by Crippen LogP contribution is -2.34. The maximum atomic E-state index is 13.0. The minimum absolute atomic E-state index is 0.0171. The third-order valence-corrected chi connectivity index (χ3v) is 8.85. The van der Waals surface area contributed by atoms with E-state index in [1.807, 2.05) is 24.3 Å². The number of imide groups is 2. The van der Waals surface area contributed by atoms with Crippen molar-refractivity contribution in [2.75, 3.05) is 11.4 Å². The molecule has 8 unspecified atom stereocenters. The molecule has 1 aromatic rings. The molecule has 4 amide bonds. The number of amides is 4. The summed E-state index contributed by atoms with van der Waals surface area (Å²) in [5, 5.41) is 0. The van der Waals surface area contributed by atoms with E-state index in [1.54, 1.807) is 0 Å². The van der Waals surface area contributed by atoms with Gasteiger partial charge < -0.3 is 0 Å². The van der Waals surface area contributed by atoms with Crippen LogP contribution >= 0.6 is 0 Å². The molecule has 0 aromatic heterocycles. The van der Waals surface area contributed by atoms with Crippen molar-refractivity contribution in [3.05, 3.63) is 54.1 Å². The number of carbonyl (C=O) groups is 4. The van der Waals surface area contributed by atoms with Gasteiger partial charge in [0, 0.05) is 6.54 Å². The molecule has 0 radical (unpaired) electrons. The molecule has 32 heavy (non-hydrogen) atoms. The first-order valence-corrected chi connectivity index (χ1v) is 11.7. The van der Waals surface area contributed by atoms with E-state index in [2.05, 4.69) is 24.3 Å². The summed E-state index contributed by atoms with van der Waals surface area (Å²) in [5.41, 5.74) is 1.59. The third kappa shape index (κ3) is 2.25. The summed E-state index contributed by atoms with van der Waals surface area (Å²) in [6.45, 7) is 0.379. The van der Waals surface area contributed by atoms with Gasteiger partial charge in [-0.2, -0.15) is 0 Å². The second kappa shape index (κ2) is 6.27. The van der Waals surface area contributed by atoms with E-state index < -0.39 is 0 Å². The van der Waals surface area contributed by atoms with E-state index in [0.29, 0.717) is 18.7 Å². The standard InChI is InChI=1S/C26H24N2O4/c29-23-19-14-3-4-15(11-14)20(19)24(30)27(23)10-9-13-1-7-18(8-2-13)28-25(31)21-16-5-6-17(12-16)22(21)26(28)32/h1-8,14-17,19-22H,9-12H2. The average molecular weight is 428 g/mol. The van der Waals surface area contributed by atoms with E-state index in [9.17, 15) is 19.2 Å². The second-order valence-electron chi connectivity index (χ2n) is 10.3. The van der Waals surface area contributed by atoms with Crippen molar-refractivity contribution in [1.82, 2.24) is 4.90 Å². The van der Waals surface area contributed by atoms with E-state index in [4.69, 9.17) is 0 Å². The molecule has 0 N–H and O–H groups in total. The topological polar surface area (TPSA) is 74.8 Å². The lowest BCUT2D eigenvalue weighted by Gasteiger charge is -2.19. The fraction of sp³-hybridized carbons (Fsp3) is 0.462.